The predicted octanol–water partition coefficient (Wildman–Crippen LogP) is 1.29. The highest BCUT2D eigenvalue weighted by Gasteiger charge is 2.18. The maximum absolute atomic E-state index is 12.4. The highest BCUT2D eigenvalue weighted by atomic mass is 16.2. The summed E-state index contributed by atoms with van der Waals surface area (Å²) < 4.78 is 0. The molecule has 0 atom stereocenters. The van der Waals surface area contributed by atoms with E-state index in [0.29, 0.717) is 17.7 Å². The molecule has 0 unspecified atom stereocenters. The van der Waals surface area contributed by atoms with Gasteiger partial charge in [0.1, 0.15) is 11.8 Å². The van der Waals surface area contributed by atoms with Gasteiger partial charge in [-0.05, 0) is 24.3 Å². The minimum absolute atomic E-state index is 0.0135. The number of nitrogens with one attached hydrogen (secondary N) is 3. The van der Waals surface area contributed by atoms with E-state index in [1.165, 1.54) is 36.7 Å². The average molecular weight is 376 g/mol. The third-order valence-electron chi connectivity index (χ3n) is 3.57. The number of anilines is 2. The van der Waals surface area contributed by atoms with Crippen molar-refractivity contribution < 1.29 is 14.4 Å². The lowest BCUT2D eigenvalue weighted by Crippen LogP contribution is -2.19. The molecule has 0 radical (unpaired) electrons. The van der Waals surface area contributed by atoms with Crippen LogP contribution in [-0.2, 0) is 0 Å². The molecule has 138 valence electrons. The Morgan fingerprint density at radius 3 is 2.68 bits per heavy atom. The Hall–Kier alpha value is -4.59. The van der Waals surface area contributed by atoms with Crippen LogP contribution in [-0.4, -0.2) is 38.4 Å². The van der Waals surface area contributed by atoms with E-state index in [9.17, 15) is 14.4 Å². The number of nitrogens with zero attached hydrogens (tertiary/aromatic N) is 4. The Kier molecular flexibility index (Phi) is 5.04. The molecule has 3 amide bonds. The van der Waals surface area contributed by atoms with Crippen LogP contribution in [0.15, 0.2) is 36.7 Å². The summed E-state index contributed by atoms with van der Waals surface area (Å²) in [6.45, 7) is 0. The number of aromatic amines is 1. The normalized spacial score (nSPS) is 9.96. The number of carbonyl (C=O) groups excluding carboxylic acids is 3. The number of pyridine rings is 2. The first kappa shape index (κ1) is 18.2. The average Bonchev–Trinajstić information content (AvgIpc) is 3.10. The second-order valence-corrected chi connectivity index (χ2v) is 5.39. The smallest absolute Gasteiger partial charge is 0.316 e. The number of H-pyrrole nitrogens is 1. The first-order valence-corrected chi connectivity index (χ1v) is 7.75. The zero-order valence-corrected chi connectivity index (χ0v) is 14.1. The van der Waals surface area contributed by atoms with Gasteiger partial charge in [-0.3, -0.25) is 19.7 Å². The lowest BCUT2D eigenvalue weighted by Gasteiger charge is -2.05. The minimum Gasteiger partial charge on any atom is -0.351 e. The number of urea groups is 1. The second-order valence-electron chi connectivity index (χ2n) is 5.39. The topological polar surface area (TPSA) is 180 Å². The van der Waals surface area contributed by atoms with Crippen molar-refractivity contribution in [1.29, 1.82) is 5.26 Å². The molecule has 3 heterocycles. The number of nitriles is 1. The molecule has 3 rings (SSSR count). The third kappa shape index (κ3) is 3.81. The van der Waals surface area contributed by atoms with Gasteiger partial charge in [0, 0.05) is 23.6 Å². The highest BCUT2D eigenvalue weighted by molar-refractivity contribution is 6.07. The Balaban J connectivity index is 1.90. The van der Waals surface area contributed by atoms with Gasteiger partial charge in [0.15, 0.2) is 12.1 Å². The maximum Gasteiger partial charge on any atom is 0.316 e. The first-order valence-electron chi connectivity index (χ1n) is 7.75. The van der Waals surface area contributed by atoms with Crippen LogP contribution >= 0.6 is 0 Å². The molecule has 28 heavy (non-hydrogen) atoms. The van der Waals surface area contributed by atoms with Crippen molar-refractivity contribution in [3.63, 3.8) is 0 Å². The monoisotopic (exact) mass is 376 g/mol. The highest BCUT2D eigenvalue weighted by Crippen LogP contribution is 2.26. The van der Waals surface area contributed by atoms with Crippen LogP contribution in [0.25, 0.3) is 11.4 Å². The fraction of sp³-hybridized carbons (Fsp3) is 0. The van der Waals surface area contributed by atoms with E-state index in [2.05, 4.69) is 30.8 Å². The molecule has 0 aromatic carbocycles. The summed E-state index contributed by atoms with van der Waals surface area (Å²) in [5.41, 5.74) is 6.32. The SMILES string of the molecule is N#Cc1cc(C(=O)Nc2n[nH]c(-c3cc(NC(N)=O)ccn3)c2C=O)ccn1. The van der Waals surface area contributed by atoms with Crippen LogP contribution < -0.4 is 16.4 Å². The van der Waals surface area contributed by atoms with E-state index in [1.54, 1.807) is 0 Å². The van der Waals surface area contributed by atoms with Crippen LogP contribution in [0.1, 0.15) is 26.4 Å². The predicted molar refractivity (Wildman–Crippen MR) is 97.3 cm³/mol. The molecule has 0 spiro atoms. The summed E-state index contributed by atoms with van der Waals surface area (Å²) in [6.07, 6.45) is 3.25. The lowest BCUT2D eigenvalue weighted by molar-refractivity contribution is 0.102. The molecule has 11 heteroatoms. The van der Waals surface area contributed by atoms with Gasteiger partial charge in [0.05, 0.1) is 17.0 Å². The number of aldehydes is 1. The molecular formula is C17H12N8O3. The number of aromatic nitrogens is 4. The summed E-state index contributed by atoms with van der Waals surface area (Å²) in [6, 6.07) is 6.82. The van der Waals surface area contributed by atoms with Gasteiger partial charge in [0.25, 0.3) is 5.91 Å². The van der Waals surface area contributed by atoms with Gasteiger partial charge in [-0.15, -0.1) is 0 Å². The molecule has 3 aromatic rings. The second kappa shape index (κ2) is 7.75. The van der Waals surface area contributed by atoms with Crippen molar-refractivity contribution in [2.45, 2.75) is 0 Å². The molecular weight excluding hydrogens is 364 g/mol. The van der Waals surface area contributed by atoms with Crippen molar-refractivity contribution in [2.24, 2.45) is 5.73 Å². The van der Waals surface area contributed by atoms with Crippen molar-refractivity contribution in [3.8, 4) is 17.5 Å². The molecule has 0 bridgehead atoms. The first-order chi connectivity index (χ1) is 13.5. The zero-order chi connectivity index (χ0) is 20.1. The van der Waals surface area contributed by atoms with Crippen LogP contribution in [0, 0.1) is 11.3 Å². The molecule has 0 aliphatic heterocycles. The van der Waals surface area contributed by atoms with Gasteiger partial charge in [0.2, 0.25) is 0 Å². The Morgan fingerprint density at radius 1 is 1.18 bits per heavy atom. The molecule has 0 saturated carbocycles. The number of rotatable bonds is 5. The molecule has 0 saturated heterocycles. The van der Waals surface area contributed by atoms with Crippen molar-refractivity contribution >= 4 is 29.7 Å². The number of carbonyl (C=O) groups is 3. The Bertz CT molecular complexity index is 1120. The van der Waals surface area contributed by atoms with Crippen molar-refractivity contribution in [2.75, 3.05) is 10.6 Å². The largest absolute Gasteiger partial charge is 0.351 e. The number of primary amides is 1. The van der Waals surface area contributed by atoms with Gasteiger partial charge in [-0.25, -0.2) is 9.78 Å². The molecule has 3 aromatic heterocycles. The van der Waals surface area contributed by atoms with Crippen molar-refractivity contribution in [3.05, 3.63) is 53.5 Å². The van der Waals surface area contributed by atoms with Gasteiger partial charge < -0.3 is 16.4 Å². The maximum atomic E-state index is 12.4. The number of nitrogens with two attached hydrogens (primary N) is 1. The van der Waals surface area contributed by atoms with Crippen LogP contribution in [0.2, 0.25) is 0 Å². The number of amides is 3. The number of hydrogen-bond acceptors (Lipinski definition) is 7. The van der Waals surface area contributed by atoms with Crippen LogP contribution in [0.5, 0.6) is 0 Å². The van der Waals surface area contributed by atoms with Gasteiger partial charge in [-0.1, -0.05) is 0 Å². The van der Waals surface area contributed by atoms with E-state index in [1.807, 2.05) is 6.07 Å². The Labute approximate surface area is 157 Å². The fourth-order valence-corrected chi connectivity index (χ4v) is 2.36. The fourth-order valence-electron chi connectivity index (χ4n) is 2.36. The molecule has 5 N–H and O–H groups in total. The summed E-state index contributed by atoms with van der Waals surface area (Å²) in [7, 11) is 0. The standard InChI is InChI=1S/C17H12N8O3/c18-7-11-5-9(1-3-20-11)16(27)23-15-12(8-26)14(24-25-15)13-6-10(2-4-21-13)22-17(19)28/h1-6,8H,(H3,19,21,22,28)(H2,23,24,25,27). The Morgan fingerprint density at radius 2 is 1.96 bits per heavy atom. The van der Waals surface area contributed by atoms with E-state index in [0.717, 1.165) is 0 Å². The zero-order valence-electron chi connectivity index (χ0n) is 14.1. The van der Waals surface area contributed by atoms with Gasteiger partial charge in [-0.2, -0.15) is 10.4 Å². The summed E-state index contributed by atoms with van der Waals surface area (Å²) >= 11 is 0. The van der Waals surface area contributed by atoms with E-state index in [-0.39, 0.29) is 28.3 Å². The van der Waals surface area contributed by atoms with Crippen LogP contribution in [0.4, 0.5) is 16.3 Å². The van der Waals surface area contributed by atoms with E-state index in [4.69, 9.17) is 11.0 Å². The van der Waals surface area contributed by atoms with Crippen LogP contribution in [0.3, 0.4) is 0 Å². The van der Waals surface area contributed by atoms with E-state index < -0.39 is 11.9 Å². The molecule has 11 nitrogen and oxygen atoms in total. The number of hydrogen-bond donors (Lipinski definition) is 4. The minimum atomic E-state index is -0.751. The molecule has 0 aliphatic carbocycles. The quantitative estimate of drug-likeness (QED) is 0.484. The molecule has 0 aliphatic rings. The third-order valence-corrected chi connectivity index (χ3v) is 3.57. The molecule has 0 fully saturated rings. The summed E-state index contributed by atoms with van der Waals surface area (Å²) in [4.78, 5) is 42.9. The van der Waals surface area contributed by atoms with Crippen molar-refractivity contribution in [1.82, 2.24) is 20.2 Å². The summed E-state index contributed by atoms with van der Waals surface area (Å²) in [5.74, 6) is -0.586. The summed E-state index contributed by atoms with van der Waals surface area (Å²) in [5, 5.41) is 20.3. The van der Waals surface area contributed by atoms with E-state index >= 15 is 0 Å². The van der Waals surface area contributed by atoms with Gasteiger partial charge >= 0.3 is 6.03 Å². The lowest BCUT2D eigenvalue weighted by atomic mass is 10.1.